The van der Waals surface area contributed by atoms with Crippen molar-refractivity contribution in [3.63, 3.8) is 0 Å². The molecular weight excluding hydrogens is 242 g/mol. The average Bonchev–Trinajstić information content (AvgIpc) is 3.19. The first-order chi connectivity index (χ1) is 9.31. The highest BCUT2D eigenvalue weighted by Crippen LogP contribution is 2.40. The third kappa shape index (κ3) is 2.76. The van der Waals surface area contributed by atoms with E-state index < -0.39 is 0 Å². The van der Waals surface area contributed by atoms with E-state index in [1.165, 1.54) is 12.8 Å². The van der Waals surface area contributed by atoms with Gasteiger partial charge in [-0.15, -0.1) is 0 Å². The van der Waals surface area contributed by atoms with Crippen molar-refractivity contribution in [2.24, 2.45) is 0 Å². The number of aliphatic hydroxyl groups is 1. The molecule has 104 valence electrons. The number of benzene rings is 1. The second-order valence-corrected chi connectivity index (χ2v) is 5.23. The molecule has 1 N–H and O–H groups in total. The van der Waals surface area contributed by atoms with E-state index in [1.54, 1.807) is 0 Å². The molecule has 4 nitrogen and oxygen atoms in total. The van der Waals surface area contributed by atoms with E-state index in [0.717, 1.165) is 17.9 Å². The van der Waals surface area contributed by atoms with E-state index in [2.05, 4.69) is 11.0 Å². The van der Waals surface area contributed by atoms with Crippen LogP contribution in [0, 0.1) is 0 Å². The largest absolute Gasteiger partial charge is 0.494 e. The summed E-state index contributed by atoms with van der Waals surface area (Å²) in [5.74, 6) is 0.881. The molecule has 1 aromatic carbocycles. The van der Waals surface area contributed by atoms with Gasteiger partial charge in [0.15, 0.2) is 0 Å². The summed E-state index contributed by atoms with van der Waals surface area (Å²) in [4.78, 5) is 2.37. The van der Waals surface area contributed by atoms with E-state index in [-0.39, 0.29) is 18.9 Å². The summed E-state index contributed by atoms with van der Waals surface area (Å²) in [7, 11) is 0. The van der Waals surface area contributed by atoms with E-state index in [9.17, 15) is 5.11 Å². The van der Waals surface area contributed by atoms with Crippen LogP contribution in [0.4, 0.5) is 0 Å². The van der Waals surface area contributed by atoms with Crippen LogP contribution in [0.5, 0.6) is 5.75 Å². The lowest BCUT2D eigenvalue weighted by Gasteiger charge is -2.23. The van der Waals surface area contributed by atoms with Crippen molar-refractivity contribution in [2.45, 2.75) is 38.1 Å². The van der Waals surface area contributed by atoms with Crippen molar-refractivity contribution in [1.29, 1.82) is 0 Å². The van der Waals surface area contributed by atoms with Gasteiger partial charge in [0.1, 0.15) is 12.0 Å². The Labute approximate surface area is 113 Å². The lowest BCUT2D eigenvalue weighted by molar-refractivity contribution is -0.0217. The fraction of sp³-hybridized carbons (Fsp3) is 0.600. The Balaban J connectivity index is 1.80. The van der Waals surface area contributed by atoms with Crippen LogP contribution in [0.2, 0.25) is 0 Å². The van der Waals surface area contributed by atoms with Crippen LogP contribution in [0.15, 0.2) is 24.3 Å². The maximum atomic E-state index is 9.31. The molecule has 0 amide bonds. The monoisotopic (exact) mass is 263 g/mol. The predicted octanol–water partition coefficient (Wildman–Crippen LogP) is 1.94. The molecule has 2 atom stereocenters. The van der Waals surface area contributed by atoms with Gasteiger partial charge in [-0.2, -0.15) is 0 Å². The smallest absolute Gasteiger partial charge is 0.137 e. The van der Waals surface area contributed by atoms with Crippen LogP contribution in [0.25, 0.3) is 0 Å². The van der Waals surface area contributed by atoms with Crippen molar-refractivity contribution in [2.75, 3.05) is 19.8 Å². The fourth-order valence-electron chi connectivity index (χ4n) is 2.68. The number of nitrogens with zero attached hydrogens (tertiary/aromatic N) is 1. The molecule has 1 aliphatic carbocycles. The van der Waals surface area contributed by atoms with Gasteiger partial charge in [0.25, 0.3) is 0 Å². The van der Waals surface area contributed by atoms with Gasteiger partial charge in [-0.05, 0) is 37.5 Å². The Morgan fingerprint density at radius 2 is 2.26 bits per heavy atom. The molecule has 1 saturated carbocycles. The highest BCUT2D eigenvalue weighted by atomic mass is 16.5. The molecule has 2 unspecified atom stereocenters. The molecule has 0 spiro atoms. The first kappa shape index (κ1) is 12.9. The lowest BCUT2D eigenvalue weighted by atomic mass is 10.1. The molecule has 2 aliphatic rings. The summed E-state index contributed by atoms with van der Waals surface area (Å²) >= 11 is 0. The minimum atomic E-state index is -0.0682. The Kier molecular flexibility index (Phi) is 3.73. The zero-order valence-electron chi connectivity index (χ0n) is 11.3. The van der Waals surface area contributed by atoms with E-state index in [0.29, 0.717) is 12.6 Å². The summed E-state index contributed by atoms with van der Waals surface area (Å²) < 4.78 is 11.5. The van der Waals surface area contributed by atoms with Crippen LogP contribution in [0.1, 0.15) is 31.6 Å². The van der Waals surface area contributed by atoms with Crippen LogP contribution in [0.3, 0.4) is 0 Å². The quantitative estimate of drug-likeness (QED) is 0.881. The summed E-state index contributed by atoms with van der Waals surface area (Å²) in [6, 6.07) is 8.71. The van der Waals surface area contributed by atoms with Gasteiger partial charge in [0.2, 0.25) is 0 Å². The number of hydrogen-bond acceptors (Lipinski definition) is 4. The normalized spacial score (nSPS) is 27.7. The standard InChI is InChI=1S/C15H21NO3/c1-2-18-13-5-3-4-11(8-13)15-16(12-6-7-12)9-14(10-17)19-15/h3-5,8,12,14-15,17H,2,6-7,9-10H2,1H3. The summed E-state index contributed by atoms with van der Waals surface area (Å²) in [6.07, 6.45) is 2.37. The van der Waals surface area contributed by atoms with Crippen LogP contribution >= 0.6 is 0 Å². The molecule has 0 radical (unpaired) electrons. The van der Waals surface area contributed by atoms with Gasteiger partial charge in [-0.25, -0.2) is 0 Å². The molecule has 19 heavy (non-hydrogen) atoms. The Morgan fingerprint density at radius 1 is 1.42 bits per heavy atom. The first-order valence-electron chi connectivity index (χ1n) is 7.06. The molecule has 3 rings (SSSR count). The predicted molar refractivity (Wildman–Crippen MR) is 72.0 cm³/mol. The Bertz CT molecular complexity index is 433. The van der Waals surface area contributed by atoms with Gasteiger partial charge in [0.05, 0.1) is 19.3 Å². The van der Waals surface area contributed by atoms with Crippen molar-refractivity contribution in [3.8, 4) is 5.75 Å². The molecular formula is C15H21NO3. The number of ether oxygens (including phenoxy) is 2. The topological polar surface area (TPSA) is 41.9 Å². The van der Waals surface area contributed by atoms with Gasteiger partial charge in [-0.1, -0.05) is 12.1 Å². The molecule has 4 heteroatoms. The minimum Gasteiger partial charge on any atom is -0.494 e. The minimum absolute atomic E-state index is 0.0370. The summed E-state index contributed by atoms with van der Waals surface area (Å²) in [5, 5.41) is 9.31. The van der Waals surface area contributed by atoms with E-state index >= 15 is 0 Å². The maximum absolute atomic E-state index is 9.31. The SMILES string of the molecule is CCOc1cccc(C2OC(CO)CN2C2CC2)c1. The van der Waals surface area contributed by atoms with Crippen molar-refractivity contribution in [3.05, 3.63) is 29.8 Å². The van der Waals surface area contributed by atoms with Gasteiger partial charge in [0, 0.05) is 12.6 Å². The third-order valence-electron chi connectivity index (χ3n) is 3.71. The van der Waals surface area contributed by atoms with Crippen LogP contribution in [-0.4, -0.2) is 41.9 Å². The summed E-state index contributed by atoms with van der Waals surface area (Å²) in [6.45, 7) is 3.56. The first-order valence-corrected chi connectivity index (χ1v) is 7.06. The third-order valence-corrected chi connectivity index (χ3v) is 3.71. The zero-order chi connectivity index (χ0) is 13.2. The van der Waals surface area contributed by atoms with Gasteiger partial charge < -0.3 is 14.6 Å². The highest BCUT2D eigenvalue weighted by molar-refractivity contribution is 5.30. The van der Waals surface area contributed by atoms with Gasteiger partial charge in [-0.3, -0.25) is 4.90 Å². The molecule has 1 saturated heterocycles. The molecule has 2 fully saturated rings. The second-order valence-electron chi connectivity index (χ2n) is 5.23. The second kappa shape index (κ2) is 5.49. The van der Waals surface area contributed by atoms with Crippen molar-refractivity contribution < 1.29 is 14.6 Å². The Morgan fingerprint density at radius 3 is 2.95 bits per heavy atom. The van der Waals surface area contributed by atoms with Crippen molar-refractivity contribution >= 4 is 0 Å². The zero-order valence-corrected chi connectivity index (χ0v) is 11.3. The van der Waals surface area contributed by atoms with Gasteiger partial charge >= 0.3 is 0 Å². The van der Waals surface area contributed by atoms with E-state index in [4.69, 9.17) is 9.47 Å². The fourth-order valence-corrected chi connectivity index (χ4v) is 2.68. The van der Waals surface area contributed by atoms with E-state index in [1.807, 2.05) is 25.1 Å². The number of aliphatic hydroxyl groups excluding tert-OH is 1. The van der Waals surface area contributed by atoms with Crippen LogP contribution < -0.4 is 4.74 Å². The Hall–Kier alpha value is -1.10. The maximum Gasteiger partial charge on any atom is 0.137 e. The molecule has 1 aliphatic heterocycles. The summed E-state index contributed by atoms with van der Waals surface area (Å²) in [5.41, 5.74) is 1.12. The number of rotatable bonds is 5. The average molecular weight is 263 g/mol. The van der Waals surface area contributed by atoms with Crippen LogP contribution in [-0.2, 0) is 4.74 Å². The lowest BCUT2D eigenvalue weighted by Crippen LogP contribution is -2.27. The number of hydrogen-bond donors (Lipinski definition) is 1. The molecule has 0 bridgehead atoms. The van der Waals surface area contributed by atoms with Crippen molar-refractivity contribution in [1.82, 2.24) is 4.90 Å². The molecule has 1 heterocycles. The molecule has 0 aromatic heterocycles. The molecule has 1 aromatic rings. The highest BCUT2D eigenvalue weighted by Gasteiger charge is 2.42.